The third-order valence-electron chi connectivity index (χ3n) is 6.09. The summed E-state index contributed by atoms with van der Waals surface area (Å²) in [6, 6.07) is 12.1. The molecule has 0 heterocycles. The van der Waals surface area contributed by atoms with Gasteiger partial charge in [-0.15, -0.1) is 0 Å². The van der Waals surface area contributed by atoms with Crippen molar-refractivity contribution in [3.8, 4) is 0 Å². The summed E-state index contributed by atoms with van der Waals surface area (Å²) in [4.78, 5) is 12.8. The van der Waals surface area contributed by atoms with Crippen LogP contribution in [-0.2, 0) is 14.6 Å². The third kappa shape index (κ3) is 4.36. The summed E-state index contributed by atoms with van der Waals surface area (Å²) in [5, 5.41) is 6.16. The average Bonchev–Trinajstić information content (AvgIpc) is 3.30. The number of sulfone groups is 1. The lowest BCUT2D eigenvalue weighted by Gasteiger charge is -2.23. The second-order valence-corrected chi connectivity index (χ2v) is 11.0. The average molecular weight is 477 g/mol. The number of carbonyl (C=O) groups is 1. The smallest absolute Gasteiger partial charge is 0.239 e. The van der Waals surface area contributed by atoms with Gasteiger partial charge in [-0.05, 0) is 68.4 Å². The minimum Gasteiger partial charge on any atom is -0.375 e. The summed E-state index contributed by atoms with van der Waals surface area (Å²) in [5.41, 5.74) is 1.42. The van der Waals surface area contributed by atoms with Crippen molar-refractivity contribution in [2.75, 3.05) is 11.9 Å². The Balaban J connectivity index is 1.49. The van der Waals surface area contributed by atoms with E-state index >= 15 is 0 Å². The van der Waals surface area contributed by atoms with E-state index < -0.39 is 9.84 Å². The maximum Gasteiger partial charge on any atom is 0.239 e. The first-order valence-corrected chi connectivity index (χ1v) is 12.2. The van der Waals surface area contributed by atoms with Crippen LogP contribution in [0.2, 0.25) is 0 Å². The van der Waals surface area contributed by atoms with Gasteiger partial charge in [-0.2, -0.15) is 0 Å². The molecule has 0 aromatic heterocycles. The van der Waals surface area contributed by atoms with Crippen molar-refractivity contribution >= 4 is 37.4 Å². The minimum absolute atomic E-state index is 0.0476. The number of halogens is 1. The Morgan fingerprint density at radius 3 is 2.52 bits per heavy atom. The van der Waals surface area contributed by atoms with E-state index in [2.05, 4.69) is 26.6 Å². The van der Waals surface area contributed by atoms with E-state index in [0.29, 0.717) is 16.1 Å². The van der Waals surface area contributed by atoms with Gasteiger partial charge >= 0.3 is 0 Å². The first-order valence-electron chi connectivity index (χ1n) is 9.97. The zero-order chi connectivity index (χ0) is 20.6. The molecule has 3 unspecified atom stereocenters. The molecule has 1 amide bonds. The van der Waals surface area contributed by atoms with E-state index in [-0.39, 0.29) is 28.3 Å². The Bertz CT molecular complexity index is 1020. The van der Waals surface area contributed by atoms with Crippen LogP contribution < -0.4 is 10.6 Å². The number of rotatable bonds is 6. The molecule has 0 spiro atoms. The lowest BCUT2D eigenvalue weighted by Crippen LogP contribution is -2.41. The molecule has 2 saturated carbocycles. The highest BCUT2D eigenvalue weighted by molar-refractivity contribution is 9.10. The fraction of sp³-hybridized carbons (Fsp3) is 0.409. The van der Waals surface area contributed by atoms with Gasteiger partial charge in [0.15, 0.2) is 0 Å². The predicted molar refractivity (Wildman–Crippen MR) is 117 cm³/mol. The Kier molecular flexibility index (Phi) is 5.71. The van der Waals surface area contributed by atoms with Crippen LogP contribution in [0.5, 0.6) is 0 Å². The van der Waals surface area contributed by atoms with Crippen molar-refractivity contribution in [1.29, 1.82) is 0 Å². The van der Waals surface area contributed by atoms with Gasteiger partial charge < -0.3 is 10.6 Å². The normalized spacial score (nSPS) is 23.2. The zero-order valence-corrected chi connectivity index (χ0v) is 18.7. The second-order valence-electron chi connectivity index (χ2n) is 8.16. The molecule has 5 nitrogen and oxygen atoms in total. The Morgan fingerprint density at radius 1 is 1.10 bits per heavy atom. The second kappa shape index (κ2) is 8.11. The van der Waals surface area contributed by atoms with E-state index in [1.807, 2.05) is 6.92 Å². The van der Waals surface area contributed by atoms with Crippen LogP contribution >= 0.6 is 15.9 Å². The van der Waals surface area contributed by atoms with Crippen molar-refractivity contribution in [1.82, 2.24) is 5.32 Å². The summed E-state index contributed by atoms with van der Waals surface area (Å²) in [6.07, 6.45) is 4.79. The van der Waals surface area contributed by atoms with Crippen molar-refractivity contribution in [2.24, 2.45) is 11.8 Å². The van der Waals surface area contributed by atoms with Gasteiger partial charge in [0.1, 0.15) is 0 Å². The first-order chi connectivity index (χ1) is 13.8. The van der Waals surface area contributed by atoms with E-state index in [1.165, 1.54) is 19.3 Å². The van der Waals surface area contributed by atoms with Crippen molar-refractivity contribution in [2.45, 2.75) is 48.4 Å². The molecule has 4 rings (SSSR count). The quantitative estimate of drug-likeness (QED) is 0.651. The van der Waals surface area contributed by atoms with Gasteiger partial charge in [-0.25, -0.2) is 8.42 Å². The molecule has 29 heavy (non-hydrogen) atoms. The summed E-state index contributed by atoms with van der Waals surface area (Å²) < 4.78 is 27.0. The van der Waals surface area contributed by atoms with Crippen molar-refractivity contribution in [3.63, 3.8) is 0 Å². The van der Waals surface area contributed by atoms with Crippen molar-refractivity contribution in [3.05, 3.63) is 52.5 Å². The fourth-order valence-electron chi connectivity index (χ4n) is 4.56. The summed E-state index contributed by atoms with van der Waals surface area (Å²) in [5.74, 6) is 1.27. The number of hydrogen-bond acceptors (Lipinski definition) is 4. The van der Waals surface area contributed by atoms with Crippen molar-refractivity contribution < 1.29 is 13.2 Å². The molecule has 0 saturated heterocycles. The molecule has 3 atom stereocenters. The van der Waals surface area contributed by atoms with Crippen LogP contribution in [0.3, 0.4) is 0 Å². The van der Waals surface area contributed by atoms with Crippen LogP contribution in [0, 0.1) is 18.8 Å². The number of fused-ring (bicyclic) bond motifs is 2. The number of carbonyl (C=O) groups excluding carboxylic acids is 1. The maximum absolute atomic E-state index is 13.2. The lowest BCUT2D eigenvalue weighted by molar-refractivity contribution is -0.120. The number of aryl methyl sites for hydroxylation is 1. The molecular formula is C22H25BrN2O3S. The van der Waals surface area contributed by atoms with Gasteiger partial charge in [-0.3, -0.25) is 4.79 Å². The summed E-state index contributed by atoms with van der Waals surface area (Å²) in [6.45, 7) is 1.96. The largest absolute Gasteiger partial charge is 0.375 e. The van der Waals surface area contributed by atoms with Gasteiger partial charge in [0.05, 0.1) is 22.0 Å². The molecule has 2 fully saturated rings. The molecule has 2 N–H and O–H groups in total. The third-order valence-corrected chi connectivity index (χ3v) is 8.39. The van der Waals surface area contributed by atoms with Crippen LogP contribution in [0.25, 0.3) is 0 Å². The van der Waals surface area contributed by atoms with Gasteiger partial charge in [-0.1, -0.05) is 40.0 Å². The highest BCUT2D eigenvalue weighted by Crippen LogP contribution is 2.44. The molecule has 0 radical (unpaired) electrons. The molecule has 2 bridgehead atoms. The Labute approximate surface area is 180 Å². The van der Waals surface area contributed by atoms with Crippen LogP contribution in [0.15, 0.2) is 56.7 Å². The van der Waals surface area contributed by atoms with Crippen LogP contribution in [0.1, 0.15) is 31.2 Å². The zero-order valence-electron chi connectivity index (χ0n) is 16.3. The SMILES string of the molecule is Cc1ccc(S(=O)(=O)c2cc(Br)ccc2NCC(=O)NC2CC3CCC2C3)cc1. The molecule has 154 valence electrons. The summed E-state index contributed by atoms with van der Waals surface area (Å²) >= 11 is 3.36. The molecule has 7 heteroatoms. The number of anilines is 1. The highest BCUT2D eigenvalue weighted by Gasteiger charge is 2.40. The predicted octanol–water partition coefficient (Wildman–Crippen LogP) is 4.31. The number of hydrogen-bond donors (Lipinski definition) is 2. The Morgan fingerprint density at radius 2 is 1.86 bits per heavy atom. The fourth-order valence-corrected chi connectivity index (χ4v) is 6.54. The molecule has 2 aromatic carbocycles. The monoisotopic (exact) mass is 476 g/mol. The van der Waals surface area contributed by atoms with E-state index in [0.717, 1.165) is 17.9 Å². The molecule has 0 aliphatic heterocycles. The number of benzene rings is 2. The topological polar surface area (TPSA) is 75.3 Å². The van der Waals surface area contributed by atoms with E-state index in [1.54, 1.807) is 42.5 Å². The number of nitrogens with one attached hydrogen (secondary N) is 2. The van der Waals surface area contributed by atoms with Crippen LogP contribution in [-0.4, -0.2) is 26.9 Å². The Hall–Kier alpha value is -1.86. The molecule has 2 aromatic rings. The van der Waals surface area contributed by atoms with Gasteiger partial charge in [0.2, 0.25) is 15.7 Å². The molecule has 2 aliphatic rings. The first kappa shape index (κ1) is 20.4. The van der Waals surface area contributed by atoms with Gasteiger partial charge in [0.25, 0.3) is 0 Å². The standard InChI is InChI=1S/C22H25BrN2O3S/c1-14-2-7-18(8-3-14)29(27,28)21-12-17(23)6-9-19(21)24-13-22(26)25-20-11-15-4-5-16(20)10-15/h2-3,6-9,12,15-16,20,24H,4-5,10-11,13H2,1H3,(H,25,26). The molecular weight excluding hydrogens is 452 g/mol. The minimum atomic E-state index is -3.71. The summed E-state index contributed by atoms with van der Waals surface area (Å²) in [7, 11) is -3.71. The van der Waals surface area contributed by atoms with Gasteiger partial charge in [0, 0.05) is 10.5 Å². The van der Waals surface area contributed by atoms with E-state index in [4.69, 9.17) is 0 Å². The maximum atomic E-state index is 13.2. The number of amides is 1. The van der Waals surface area contributed by atoms with E-state index in [9.17, 15) is 13.2 Å². The van der Waals surface area contributed by atoms with Crippen LogP contribution in [0.4, 0.5) is 5.69 Å². The lowest BCUT2D eigenvalue weighted by atomic mass is 9.95. The molecule has 2 aliphatic carbocycles. The highest BCUT2D eigenvalue weighted by atomic mass is 79.9.